The SMILES string of the molecule is COc1ccc(NC(=O)CC(=O)NN=Cc2ccc(OCc3ccccc3)c(Br)c2)cc1. The van der Waals surface area contributed by atoms with Crippen molar-refractivity contribution in [1.29, 1.82) is 0 Å². The van der Waals surface area contributed by atoms with Crippen molar-refractivity contribution in [2.75, 3.05) is 12.4 Å². The minimum Gasteiger partial charge on any atom is -0.497 e. The first-order valence-electron chi connectivity index (χ1n) is 9.75. The quantitative estimate of drug-likeness (QED) is 0.259. The molecule has 2 amide bonds. The summed E-state index contributed by atoms with van der Waals surface area (Å²) in [6.07, 6.45) is 1.14. The third-order valence-electron chi connectivity index (χ3n) is 4.29. The largest absolute Gasteiger partial charge is 0.497 e. The lowest BCUT2D eigenvalue weighted by molar-refractivity contribution is -0.126. The van der Waals surface area contributed by atoms with Gasteiger partial charge in [0.15, 0.2) is 0 Å². The van der Waals surface area contributed by atoms with Crippen LogP contribution in [0.3, 0.4) is 0 Å². The monoisotopic (exact) mass is 495 g/mol. The van der Waals surface area contributed by atoms with Gasteiger partial charge in [0.2, 0.25) is 11.8 Å². The second-order valence-corrected chi connectivity index (χ2v) is 7.57. The Labute approximate surface area is 194 Å². The molecule has 0 unspecified atom stereocenters. The van der Waals surface area contributed by atoms with Crippen LogP contribution in [0, 0.1) is 0 Å². The molecule has 0 aliphatic carbocycles. The maximum absolute atomic E-state index is 12.0. The molecule has 3 aromatic carbocycles. The van der Waals surface area contributed by atoms with Crippen LogP contribution in [0.25, 0.3) is 0 Å². The number of hydrazone groups is 1. The van der Waals surface area contributed by atoms with Crippen LogP contribution in [0.2, 0.25) is 0 Å². The van der Waals surface area contributed by atoms with E-state index in [0.717, 1.165) is 15.6 Å². The third-order valence-corrected chi connectivity index (χ3v) is 4.91. The molecule has 0 fully saturated rings. The van der Waals surface area contributed by atoms with E-state index in [1.54, 1.807) is 31.4 Å². The average molecular weight is 496 g/mol. The van der Waals surface area contributed by atoms with Crippen LogP contribution in [-0.4, -0.2) is 25.1 Å². The van der Waals surface area contributed by atoms with Crippen molar-refractivity contribution in [3.05, 3.63) is 88.4 Å². The Bertz CT molecular complexity index is 1090. The first-order valence-corrected chi connectivity index (χ1v) is 10.5. The van der Waals surface area contributed by atoms with Gasteiger partial charge in [0, 0.05) is 5.69 Å². The van der Waals surface area contributed by atoms with Crippen molar-refractivity contribution in [3.8, 4) is 11.5 Å². The highest BCUT2D eigenvalue weighted by molar-refractivity contribution is 9.10. The van der Waals surface area contributed by atoms with Crippen LogP contribution in [0.1, 0.15) is 17.5 Å². The first kappa shape index (κ1) is 23.0. The molecule has 0 radical (unpaired) electrons. The Morgan fingerprint density at radius 3 is 2.44 bits per heavy atom. The molecule has 32 heavy (non-hydrogen) atoms. The van der Waals surface area contributed by atoms with E-state index in [1.807, 2.05) is 48.5 Å². The summed E-state index contributed by atoms with van der Waals surface area (Å²) in [5.74, 6) is 0.419. The van der Waals surface area contributed by atoms with Gasteiger partial charge in [-0.05, 0) is 69.5 Å². The van der Waals surface area contributed by atoms with Gasteiger partial charge in [0.05, 0.1) is 17.8 Å². The molecule has 3 rings (SSSR count). The number of hydrogen-bond donors (Lipinski definition) is 2. The summed E-state index contributed by atoms with van der Waals surface area (Å²) in [5.41, 5.74) is 4.75. The van der Waals surface area contributed by atoms with E-state index in [0.29, 0.717) is 23.8 Å². The highest BCUT2D eigenvalue weighted by Crippen LogP contribution is 2.26. The van der Waals surface area contributed by atoms with Gasteiger partial charge >= 0.3 is 0 Å². The van der Waals surface area contributed by atoms with Gasteiger partial charge in [-0.1, -0.05) is 30.3 Å². The number of hydrogen-bond acceptors (Lipinski definition) is 5. The molecular formula is C24H22BrN3O4. The molecule has 0 saturated heterocycles. The number of amides is 2. The third kappa shape index (κ3) is 7.24. The number of nitrogens with one attached hydrogen (secondary N) is 2. The van der Waals surface area contributed by atoms with Gasteiger partial charge in [-0.2, -0.15) is 5.10 Å². The van der Waals surface area contributed by atoms with E-state index in [4.69, 9.17) is 9.47 Å². The summed E-state index contributed by atoms with van der Waals surface area (Å²) < 4.78 is 11.6. The fraction of sp³-hybridized carbons (Fsp3) is 0.125. The van der Waals surface area contributed by atoms with Gasteiger partial charge in [0.25, 0.3) is 0 Å². The molecule has 0 saturated carbocycles. The molecule has 3 aromatic rings. The number of halogens is 1. The lowest BCUT2D eigenvalue weighted by Gasteiger charge is -2.09. The van der Waals surface area contributed by atoms with E-state index in [9.17, 15) is 9.59 Å². The Kier molecular flexibility index (Phi) is 8.39. The zero-order valence-electron chi connectivity index (χ0n) is 17.4. The predicted octanol–water partition coefficient (Wildman–Crippen LogP) is 4.52. The zero-order chi connectivity index (χ0) is 22.8. The molecule has 0 spiro atoms. The second-order valence-electron chi connectivity index (χ2n) is 6.71. The predicted molar refractivity (Wildman–Crippen MR) is 127 cm³/mol. The zero-order valence-corrected chi connectivity index (χ0v) is 19.0. The van der Waals surface area contributed by atoms with Gasteiger partial charge < -0.3 is 14.8 Å². The Morgan fingerprint density at radius 2 is 1.75 bits per heavy atom. The van der Waals surface area contributed by atoms with Crippen molar-refractivity contribution in [2.45, 2.75) is 13.0 Å². The Hall–Kier alpha value is -3.65. The van der Waals surface area contributed by atoms with E-state index < -0.39 is 11.8 Å². The molecule has 0 aromatic heterocycles. The number of benzene rings is 3. The molecular weight excluding hydrogens is 474 g/mol. The molecule has 2 N–H and O–H groups in total. The summed E-state index contributed by atoms with van der Waals surface area (Å²) in [4.78, 5) is 23.9. The second kappa shape index (κ2) is 11.7. The molecule has 0 aliphatic heterocycles. The molecule has 164 valence electrons. The van der Waals surface area contributed by atoms with Crippen LogP contribution in [0.15, 0.2) is 82.4 Å². The standard InChI is InChI=1S/C24H22BrN3O4/c1-31-20-10-8-19(9-11-20)27-23(29)14-24(30)28-26-15-18-7-12-22(21(25)13-18)32-16-17-5-3-2-4-6-17/h2-13,15H,14,16H2,1H3,(H,27,29)(H,28,30). The van der Waals surface area contributed by atoms with Gasteiger partial charge in [-0.3, -0.25) is 9.59 Å². The molecule has 7 nitrogen and oxygen atoms in total. The fourth-order valence-electron chi connectivity index (χ4n) is 2.69. The maximum Gasteiger partial charge on any atom is 0.249 e. The lowest BCUT2D eigenvalue weighted by atomic mass is 10.2. The number of methoxy groups -OCH3 is 1. The maximum atomic E-state index is 12.0. The number of carbonyl (C=O) groups excluding carboxylic acids is 2. The van der Waals surface area contributed by atoms with Gasteiger partial charge in [0.1, 0.15) is 24.5 Å². The van der Waals surface area contributed by atoms with E-state index in [2.05, 4.69) is 31.8 Å². The van der Waals surface area contributed by atoms with Crippen molar-refractivity contribution in [1.82, 2.24) is 5.43 Å². The highest BCUT2D eigenvalue weighted by Gasteiger charge is 2.09. The van der Waals surface area contributed by atoms with E-state index >= 15 is 0 Å². The average Bonchev–Trinajstić information content (AvgIpc) is 2.79. The van der Waals surface area contributed by atoms with E-state index in [-0.39, 0.29) is 6.42 Å². The lowest BCUT2D eigenvalue weighted by Crippen LogP contribution is -2.24. The molecule has 0 aliphatic rings. The number of nitrogens with zero attached hydrogens (tertiary/aromatic N) is 1. The van der Waals surface area contributed by atoms with Crippen LogP contribution >= 0.6 is 15.9 Å². The van der Waals surface area contributed by atoms with E-state index in [1.165, 1.54) is 6.21 Å². The van der Waals surface area contributed by atoms with Crippen LogP contribution in [0.5, 0.6) is 11.5 Å². The Balaban J connectivity index is 1.45. The number of ether oxygens (including phenoxy) is 2. The Morgan fingerprint density at radius 1 is 1.00 bits per heavy atom. The molecule has 0 bridgehead atoms. The topological polar surface area (TPSA) is 89.0 Å². The van der Waals surface area contributed by atoms with Crippen LogP contribution in [0.4, 0.5) is 5.69 Å². The van der Waals surface area contributed by atoms with Crippen molar-refractivity contribution in [3.63, 3.8) is 0 Å². The molecule has 0 atom stereocenters. The number of rotatable bonds is 9. The molecule has 0 heterocycles. The fourth-order valence-corrected chi connectivity index (χ4v) is 3.20. The smallest absolute Gasteiger partial charge is 0.249 e. The summed E-state index contributed by atoms with van der Waals surface area (Å²) in [7, 11) is 1.56. The number of carbonyl (C=O) groups is 2. The summed E-state index contributed by atoms with van der Waals surface area (Å²) >= 11 is 3.48. The summed E-state index contributed by atoms with van der Waals surface area (Å²) in [5, 5.41) is 6.55. The van der Waals surface area contributed by atoms with Crippen molar-refractivity contribution < 1.29 is 19.1 Å². The van der Waals surface area contributed by atoms with Gasteiger partial charge in [-0.25, -0.2) is 5.43 Å². The highest BCUT2D eigenvalue weighted by atomic mass is 79.9. The van der Waals surface area contributed by atoms with Crippen LogP contribution in [-0.2, 0) is 16.2 Å². The van der Waals surface area contributed by atoms with Gasteiger partial charge in [-0.15, -0.1) is 0 Å². The van der Waals surface area contributed by atoms with Crippen LogP contribution < -0.4 is 20.2 Å². The van der Waals surface area contributed by atoms with Crippen molar-refractivity contribution in [2.24, 2.45) is 5.10 Å². The molecule has 8 heteroatoms. The minimum absolute atomic E-state index is 0.348. The summed E-state index contributed by atoms with van der Waals surface area (Å²) in [6.45, 7) is 0.460. The summed E-state index contributed by atoms with van der Waals surface area (Å²) in [6, 6.07) is 22.2. The van der Waals surface area contributed by atoms with Crippen molar-refractivity contribution >= 4 is 39.6 Å². The first-order chi connectivity index (χ1) is 15.5. The minimum atomic E-state index is -0.519. The normalized spacial score (nSPS) is 10.6. The number of anilines is 1.